The number of aliphatic hydroxyl groups is 2. The zero-order valence-electron chi connectivity index (χ0n) is 13.9. The molecule has 0 unspecified atom stereocenters. The third-order valence-electron chi connectivity index (χ3n) is 3.66. The van der Waals surface area contributed by atoms with Crippen molar-refractivity contribution in [2.24, 2.45) is 0 Å². The molecule has 1 aliphatic rings. The van der Waals surface area contributed by atoms with Crippen molar-refractivity contribution in [1.82, 2.24) is 19.5 Å². The van der Waals surface area contributed by atoms with Crippen LogP contribution in [0.15, 0.2) is 11.1 Å². The molecule has 0 radical (unpaired) electrons. The summed E-state index contributed by atoms with van der Waals surface area (Å²) in [7, 11) is 1.48. The Hall–Kier alpha value is -2.05. The Balaban J connectivity index is 2.03. The first-order chi connectivity index (χ1) is 11.9. The van der Waals surface area contributed by atoms with Gasteiger partial charge < -0.3 is 30.2 Å². The lowest BCUT2D eigenvalue weighted by molar-refractivity contribution is -0.0785. The number of nitrogens with one attached hydrogen (secondary N) is 1. The Morgan fingerprint density at radius 1 is 1.58 bits per heavy atom. The van der Waals surface area contributed by atoms with E-state index < -0.39 is 36.7 Å². The number of aromatic amines is 1. The molecule has 1 saturated heterocycles. The van der Waals surface area contributed by atoms with Crippen LogP contribution in [-0.4, -0.2) is 75.0 Å². The zero-order chi connectivity index (χ0) is 18.2. The van der Waals surface area contributed by atoms with Crippen LogP contribution in [0.25, 0.3) is 11.2 Å². The molecule has 11 nitrogen and oxygen atoms in total. The van der Waals surface area contributed by atoms with Gasteiger partial charge in [0.1, 0.15) is 18.3 Å². The fourth-order valence-corrected chi connectivity index (χ4v) is 2.54. The van der Waals surface area contributed by atoms with Crippen LogP contribution in [0, 0.1) is 0 Å². The van der Waals surface area contributed by atoms with E-state index in [1.807, 2.05) is 0 Å². The number of fused-ring (bicyclic) bond motifs is 1. The molecule has 2 aromatic rings. The Morgan fingerprint density at radius 3 is 3.08 bits per heavy atom. The summed E-state index contributed by atoms with van der Waals surface area (Å²) in [6, 6.07) is 0. The van der Waals surface area contributed by atoms with Crippen LogP contribution in [0.4, 0.5) is 5.95 Å². The monoisotopic (exact) mass is 342 g/mol. The average molecular weight is 342 g/mol. The van der Waals surface area contributed by atoms with Gasteiger partial charge in [-0.25, -0.2) is 4.98 Å². The van der Waals surface area contributed by atoms with Gasteiger partial charge in [0, 0.05) is 7.11 Å². The highest BCUT2D eigenvalue weighted by atomic mass is 16.6. The number of aliphatic hydroxyl groups excluding tert-OH is 1. The standard InChI is InChI=1S/C13H19N5O6/c1-22-2-3-23-9-8(20)6(4-19)24-12(9)18-5-15-7-10(18)16-13(14)17-11(7)21/h5-6,8-9,12,19-20H,2-4H2,1H3,(H3,14,16,17,21)/t6-,8-,9-,12-/m1/s1/i8D. The predicted octanol–water partition coefficient (Wildman–Crippen LogP) is -2.02. The van der Waals surface area contributed by atoms with Gasteiger partial charge in [0.2, 0.25) is 5.95 Å². The highest BCUT2D eigenvalue weighted by Gasteiger charge is 2.45. The van der Waals surface area contributed by atoms with Crippen molar-refractivity contribution >= 4 is 17.1 Å². The molecule has 11 heteroatoms. The van der Waals surface area contributed by atoms with Gasteiger partial charge in [0.05, 0.1) is 27.5 Å². The second kappa shape index (κ2) is 6.83. The van der Waals surface area contributed by atoms with Crippen LogP contribution < -0.4 is 11.3 Å². The lowest BCUT2D eigenvalue weighted by Crippen LogP contribution is -2.36. The summed E-state index contributed by atoms with van der Waals surface area (Å²) < 4.78 is 25.5. The number of imidazole rings is 1. The van der Waals surface area contributed by atoms with E-state index in [-0.39, 0.29) is 30.3 Å². The van der Waals surface area contributed by atoms with Crippen LogP contribution in [0.3, 0.4) is 0 Å². The minimum Gasteiger partial charge on any atom is -0.394 e. The van der Waals surface area contributed by atoms with Crippen molar-refractivity contribution in [3.05, 3.63) is 16.7 Å². The Bertz CT molecular complexity index is 808. The summed E-state index contributed by atoms with van der Waals surface area (Å²) >= 11 is 0. The van der Waals surface area contributed by atoms with E-state index in [9.17, 15) is 15.0 Å². The summed E-state index contributed by atoms with van der Waals surface area (Å²) in [5.74, 6) is -0.117. The molecule has 0 spiro atoms. The molecular formula is C13H19N5O6. The maximum Gasteiger partial charge on any atom is 0.280 e. The molecular weight excluding hydrogens is 322 g/mol. The highest BCUT2D eigenvalue weighted by Crippen LogP contribution is 2.33. The average Bonchev–Trinajstić information content (AvgIpc) is 3.07. The molecule has 0 saturated carbocycles. The summed E-state index contributed by atoms with van der Waals surface area (Å²) in [6.45, 7) is -0.273. The normalized spacial score (nSPS) is 30.8. The van der Waals surface area contributed by atoms with Gasteiger partial charge in [-0.3, -0.25) is 14.3 Å². The van der Waals surface area contributed by atoms with Crippen LogP contribution in [0.1, 0.15) is 7.60 Å². The summed E-state index contributed by atoms with van der Waals surface area (Å²) in [5, 5.41) is 19.8. The molecule has 4 atom stereocenters. The number of hydrogen-bond donors (Lipinski definition) is 4. The number of aromatic nitrogens is 4. The summed E-state index contributed by atoms with van der Waals surface area (Å²) in [6.07, 6.45) is -4.40. The number of H-pyrrole nitrogens is 1. The number of nitrogen functional groups attached to an aromatic ring is 1. The predicted molar refractivity (Wildman–Crippen MR) is 81.2 cm³/mol. The Kier molecular flexibility index (Phi) is 4.40. The van der Waals surface area contributed by atoms with Gasteiger partial charge in [0.15, 0.2) is 17.4 Å². The third-order valence-corrected chi connectivity index (χ3v) is 3.66. The van der Waals surface area contributed by atoms with Crippen LogP contribution >= 0.6 is 0 Å². The van der Waals surface area contributed by atoms with E-state index in [0.29, 0.717) is 0 Å². The smallest absolute Gasteiger partial charge is 0.280 e. The maximum absolute atomic E-state index is 11.9. The van der Waals surface area contributed by atoms with Crippen LogP contribution in [0.5, 0.6) is 0 Å². The lowest BCUT2D eigenvalue weighted by Gasteiger charge is -2.21. The first kappa shape index (κ1) is 15.5. The van der Waals surface area contributed by atoms with E-state index in [1.54, 1.807) is 0 Å². The van der Waals surface area contributed by atoms with Crippen molar-refractivity contribution in [2.45, 2.75) is 24.5 Å². The molecule has 1 aliphatic heterocycles. The largest absolute Gasteiger partial charge is 0.394 e. The van der Waals surface area contributed by atoms with Gasteiger partial charge in [-0.2, -0.15) is 4.98 Å². The van der Waals surface area contributed by atoms with Gasteiger partial charge in [0.25, 0.3) is 5.56 Å². The number of anilines is 1. The third kappa shape index (κ3) is 2.87. The number of hydrogen-bond acceptors (Lipinski definition) is 9. The quantitative estimate of drug-likeness (QED) is 0.435. The van der Waals surface area contributed by atoms with Crippen molar-refractivity contribution in [2.75, 3.05) is 32.7 Å². The fraction of sp³-hybridized carbons (Fsp3) is 0.615. The molecule has 132 valence electrons. The van der Waals surface area contributed by atoms with Gasteiger partial charge in [-0.15, -0.1) is 0 Å². The van der Waals surface area contributed by atoms with Gasteiger partial charge in [-0.05, 0) is 0 Å². The van der Waals surface area contributed by atoms with E-state index >= 15 is 0 Å². The van der Waals surface area contributed by atoms with Crippen molar-refractivity contribution < 1.29 is 25.8 Å². The van der Waals surface area contributed by atoms with Crippen molar-refractivity contribution in [3.8, 4) is 0 Å². The molecule has 24 heavy (non-hydrogen) atoms. The van der Waals surface area contributed by atoms with Crippen molar-refractivity contribution in [3.63, 3.8) is 0 Å². The second-order valence-corrected chi connectivity index (χ2v) is 5.18. The van der Waals surface area contributed by atoms with Gasteiger partial charge in [-0.1, -0.05) is 0 Å². The fourth-order valence-electron chi connectivity index (χ4n) is 2.54. The minimum absolute atomic E-state index is 0.0226. The highest BCUT2D eigenvalue weighted by molar-refractivity contribution is 5.70. The lowest BCUT2D eigenvalue weighted by atomic mass is 10.1. The van der Waals surface area contributed by atoms with Crippen molar-refractivity contribution in [1.29, 1.82) is 0 Å². The molecule has 2 aromatic heterocycles. The first-order valence-corrected chi connectivity index (χ1v) is 7.21. The molecule has 0 aliphatic carbocycles. The topological polar surface area (TPSA) is 158 Å². The zero-order valence-corrected chi connectivity index (χ0v) is 12.9. The summed E-state index contributed by atoms with van der Waals surface area (Å²) in [5.41, 5.74) is 5.17. The molecule has 0 bridgehead atoms. The number of ether oxygens (including phenoxy) is 3. The molecule has 5 N–H and O–H groups in total. The summed E-state index contributed by atoms with van der Waals surface area (Å²) in [4.78, 5) is 22.2. The maximum atomic E-state index is 11.9. The van der Waals surface area contributed by atoms with Crippen LogP contribution in [-0.2, 0) is 14.2 Å². The Morgan fingerprint density at radius 2 is 2.38 bits per heavy atom. The molecule has 0 amide bonds. The SMILES string of the molecule is [2H][C@@]1(O)[C@@H](CO)O[C@@H](n2cnc3c(=O)[nH]c(N)nc32)[C@@H]1OCCOC. The number of nitrogens with two attached hydrogens (primary N) is 1. The molecule has 3 heterocycles. The molecule has 0 aromatic carbocycles. The number of rotatable bonds is 6. The van der Waals surface area contributed by atoms with Crippen LogP contribution in [0.2, 0.25) is 0 Å². The van der Waals surface area contributed by atoms with E-state index in [1.165, 1.54) is 18.0 Å². The second-order valence-electron chi connectivity index (χ2n) is 5.18. The van der Waals surface area contributed by atoms with E-state index in [0.717, 1.165) is 0 Å². The number of methoxy groups -OCH3 is 1. The van der Waals surface area contributed by atoms with E-state index in [2.05, 4.69) is 15.0 Å². The number of nitrogens with zero attached hydrogens (tertiary/aromatic N) is 3. The Labute approximate surface area is 137 Å². The van der Waals surface area contributed by atoms with E-state index in [4.69, 9.17) is 21.3 Å². The molecule has 3 rings (SSSR count). The minimum atomic E-state index is -2.23. The molecule has 1 fully saturated rings. The van der Waals surface area contributed by atoms with Gasteiger partial charge >= 0.3 is 0 Å². The first-order valence-electron chi connectivity index (χ1n) is 7.71.